The van der Waals surface area contributed by atoms with Crippen LogP contribution in [0.1, 0.15) is 35.2 Å². The maximum atomic E-state index is 13.5. The van der Waals surface area contributed by atoms with Crippen LogP contribution in [-0.4, -0.2) is 23.9 Å². The first-order valence-electron chi connectivity index (χ1n) is 5.84. The second-order valence-corrected chi connectivity index (χ2v) is 4.43. The predicted molar refractivity (Wildman–Crippen MR) is 60.8 cm³/mol. The van der Waals surface area contributed by atoms with Gasteiger partial charge in [0, 0.05) is 19.2 Å². The van der Waals surface area contributed by atoms with Crippen LogP contribution in [0.3, 0.4) is 0 Å². The molecule has 1 aliphatic rings. The maximum Gasteiger partial charge on any atom is 0.256 e. The Morgan fingerprint density at radius 1 is 1.12 bits per heavy atom. The molecule has 0 bridgehead atoms. The Balaban J connectivity index is 2.26. The molecule has 0 aliphatic carbocycles. The normalized spacial score (nSPS) is 16.1. The van der Waals surface area contributed by atoms with Gasteiger partial charge in [-0.15, -0.1) is 0 Å². The number of carbonyl (C=O) groups excluding carboxylic acids is 1. The first-order chi connectivity index (χ1) is 8.09. The summed E-state index contributed by atoms with van der Waals surface area (Å²) in [6.07, 6.45) is 3.01. The van der Waals surface area contributed by atoms with Gasteiger partial charge < -0.3 is 4.90 Å². The van der Waals surface area contributed by atoms with Crippen LogP contribution >= 0.6 is 0 Å². The van der Waals surface area contributed by atoms with Crippen molar-refractivity contribution in [1.82, 2.24) is 4.90 Å². The van der Waals surface area contributed by atoms with Gasteiger partial charge >= 0.3 is 0 Å². The standard InChI is InChI=1S/C13H15F2NO/c1-9-7-10(12(15)8-11(9)14)13(17)16-5-3-2-4-6-16/h7-8H,2-6H2,1H3. The van der Waals surface area contributed by atoms with Crippen molar-refractivity contribution in [1.29, 1.82) is 0 Å². The Morgan fingerprint density at radius 3 is 2.41 bits per heavy atom. The number of likely N-dealkylation sites (tertiary alicyclic amines) is 1. The second kappa shape index (κ2) is 4.82. The van der Waals surface area contributed by atoms with Crippen LogP contribution in [0.4, 0.5) is 8.78 Å². The Bertz CT molecular complexity index is 439. The molecule has 1 saturated heterocycles. The van der Waals surface area contributed by atoms with E-state index in [0.717, 1.165) is 25.3 Å². The van der Waals surface area contributed by atoms with Crippen molar-refractivity contribution in [2.24, 2.45) is 0 Å². The highest BCUT2D eigenvalue weighted by Gasteiger charge is 2.22. The molecule has 92 valence electrons. The van der Waals surface area contributed by atoms with E-state index in [0.29, 0.717) is 18.7 Å². The smallest absolute Gasteiger partial charge is 0.256 e. The second-order valence-electron chi connectivity index (χ2n) is 4.43. The monoisotopic (exact) mass is 239 g/mol. The van der Waals surface area contributed by atoms with Crippen LogP contribution < -0.4 is 0 Å². The summed E-state index contributed by atoms with van der Waals surface area (Å²) in [4.78, 5) is 13.7. The van der Waals surface area contributed by atoms with Gasteiger partial charge in [0.25, 0.3) is 5.91 Å². The minimum absolute atomic E-state index is 0.0224. The summed E-state index contributed by atoms with van der Waals surface area (Å²) in [7, 11) is 0. The lowest BCUT2D eigenvalue weighted by molar-refractivity contribution is 0.0719. The molecule has 2 nitrogen and oxygen atoms in total. The molecule has 1 aliphatic heterocycles. The van der Waals surface area contributed by atoms with Crippen molar-refractivity contribution in [3.63, 3.8) is 0 Å². The summed E-state index contributed by atoms with van der Waals surface area (Å²) in [6.45, 7) is 2.85. The number of rotatable bonds is 1. The number of nitrogens with zero attached hydrogens (tertiary/aromatic N) is 1. The third-order valence-corrected chi connectivity index (χ3v) is 3.12. The van der Waals surface area contributed by atoms with Crippen LogP contribution in [0.2, 0.25) is 0 Å². The van der Waals surface area contributed by atoms with Crippen LogP contribution in [0.15, 0.2) is 12.1 Å². The zero-order valence-corrected chi connectivity index (χ0v) is 9.80. The fourth-order valence-electron chi connectivity index (χ4n) is 2.09. The van der Waals surface area contributed by atoms with Crippen molar-refractivity contribution < 1.29 is 13.6 Å². The lowest BCUT2D eigenvalue weighted by atomic mass is 10.1. The number of amides is 1. The van der Waals surface area contributed by atoms with Crippen molar-refractivity contribution in [3.8, 4) is 0 Å². The van der Waals surface area contributed by atoms with E-state index < -0.39 is 11.6 Å². The van der Waals surface area contributed by atoms with Crippen LogP contribution in [0.5, 0.6) is 0 Å². The van der Waals surface area contributed by atoms with Gasteiger partial charge in [-0.2, -0.15) is 0 Å². The maximum absolute atomic E-state index is 13.5. The summed E-state index contributed by atoms with van der Waals surface area (Å²) >= 11 is 0. The average molecular weight is 239 g/mol. The molecular weight excluding hydrogens is 224 g/mol. The molecule has 0 atom stereocenters. The highest BCUT2D eigenvalue weighted by molar-refractivity contribution is 5.94. The molecule has 1 fully saturated rings. The van der Waals surface area contributed by atoms with E-state index in [-0.39, 0.29) is 11.5 Å². The number of aryl methyl sites for hydroxylation is 1. The highest BCUT2D eigenvalue weighted by Crippen LogP contribution is 2.18. The van der Waals surface area contributed by atoms with Crippen LogP contribution in [0, 0.1) is 18.6 Å². The number of hydrogen-bond acceptors (Lipinski definition) is 1. The molecule has 1 aromatic carbocycles. The molecule has 0 N–H and O–H groups in total. The first-order valence-corrected chi connectivity index (χ1v) is 5.84. The lowest BCUT2D eigenvalue weighted by Crippen LogP contribution is -2.36. The van der Waals surface area contributed by atoms with Gasteiger partial charge in [0.15, 0.2) is 0 Å². The van der Waals surface area contributed by atoms with Gasteiger partial charge in [-0.05, 0) is 37.8 Å². The van der Waals surface area contributed by atoms with Gasteiger partial charge in [-0.3, -0.25) is 4.79 Å². The molecule has 0 radical (unpaired) electrons. The van der Waals surface area contributed by atoms with E-state index in [2.05, 4.69) is 0 Å². The molecule has 0 unspecified atom stereocenters. The number of piperidine rings is 1. The Labute approximate surface area is 99.2 Å². The van der Waals surface area contributed by atoms with Gasteiger partial charge in [-0.1, -0.05) is 0 Å². The fourth-order valence-corrected chi connectivity index (χ4v) is 2.09. The predicted octanol–water partition coefficient (Wildman–Crippen LogP) is 2.90. The number of hydrogen-bond donors (Lipinski definition) is 0. The van der Waals surface area contributed by atoms with Gasteiger partial charge in [0.1, 0.15) is 11.6 Å². The number of carbonyl (C=O) groups is 1. The summed E-state index contributed by atoms with van der Waals surface area (Å²) in [5.74, 6) is -1.72. The minimum Gasteiger partial charge on any atom is -0.339 e. The first kappa shape index (κ1) is 12.0. The van der Waals surface area contributed by atoms with E-state index in [1.807, 2.05) is 0 Å². The van der Waals surface area contributed by atoms with Crippen LogP contribution in [0.25, 0.3) is 0 Å². The van der Waals surface area contributed by atoms with E-state index in [9.17, 15) is 13.6 Å². The SMILES string of the molecule is Cc1cc(C(=O)N2CCCCC2)c(F)cc1F. The van der Waals surface area contributed by atoms with Gasteiger partial charge in [-0.25, -0.2) is 8.78 Å². The zero-order chi connectivity index (χ0) is 12.4. The summed E-state index contributed by atoms with van der Waals surface area (Å²) in [5, 5.41) is 0. The molecule has 0 saturated carbocycles. The summed E-state index contributed by atoms with van der Waals surface area (Å²) in [6, 6.07) is 2.08. The van der Waals surface area contributed by atoms with E-state index >= 15 is 0 Å². The molecule has 4 heteroatoms. The van der Waals surface area contributed by atoms with E-state index in [4.69, 9.17) is 0 Å². The molecule has 1 heterocycles. The zero-order valence-electron chi connectivity index (χ0n) is 9.80. The van der Waals surface area contributed by atoms with Gasteiger partial charge in [0.05, 0.1) is 5.56 Å². The van der Waals surface area contributed by atoms with E-state index in [1.165, 1.54) is 13.0 Å². The van der Waals surface area contributed by atoms with Crippen molar-refractivity contribution in [3.05, 3.63) is 34.9 Å². The highest BCUT2D eigenvalue weighted by atomic mass is 19.1. The Morgan fingerprint density at radius 2 is 1.76 bits per heavy atom. The third-order valence-electron chi connectivity index (χ3n) is 3.12. The molecule has 0 aromatic heterocycles. The van der Waals surface area contributed by atoms with Crippen LogP contribution in [-0.2, 0) is 0 Å². The molecule has 17 heavy (non-hydrogen) atoms. The molecule has 2 rings (SSSR count). The fraction of sp³-hybridized carbons (Fsp3) is 0.462. The minimum atomic E-state index is -0.774. The summed E-state index contributed by atoms with van der Waals surface area (Å²) < 4.78 is 26.6. The van der Waals surface area contributed by atoms with Crippen molar-refractivity contribution >= 4 is 5.91 Å². The van der Waals surface area contributed by atoms with Crippen molar-refractivity contribution in [2.45, 2.75) is 26.2 Å². The molecule has 0 spiro atoms. The molecule has 1 amide bonds. The quantitative estimate of drug-likeness (QED) is 0.738. The van der Waals surface area contributed by atoms with Crippen molar-refractivity contribution in [2.75, 3.05) is 13.1 Å². The lowest BCUT2D eigenvalue weighted by Gasteiger charge is -2.27. The Kier molecular flexibility index (Phi) is 3.41. The van der Waals surface area contributed by atoms with E-state index in [1.54, 1.807) is 4.90 Å². The number of benzene rings is 1. The summed E-state index contributed by atoms with van der Waals surface area (Å²) in [5.41, 5.74) is 0.276. The topological polar surface area (TPSA) is 20.3 Å². The largest absolute Gasteiger partial charge is 0.339 e. The average Bonchev–Trinajstić information content (AvgIpc) is 2.34. The Hall–Kier alpha value is -1.45. The molecule has 1 aromatic rings. The van der Waals surface area contributed by atoms with Gasteiger partial charge in [0.2, 0.25) is 0 Å². The molecular formula is C13H15F2NO. The third kappa shape index (κ3) is 2.46. The number of halogens is 2.